The number of carboxylic acid groups (broad SMARTS) is 1. The van der Waals surface area contributed by atoms with Gasteiger partial charge in [0.15, 0.2) is 0 Å². The average molecular weight is 287 g/mol. The van der Waals surface area contributed by atoms with Crippen molar-refractivity contribution in [2.24, 2.45) is 0 Å². The lowest BCUT2D eigenvalue weighted by Crippen LogP contribution is -2.15. The van der Waals surface area contributed by atoms with E-state index in [9.17, 15) is 25.1 Å². The molecule has 0 heterocycles. The molecule has 0 saturated heterocycles. The summed E-state index contributed by atoms with van der Waals surface area (Å²) in [5.74, 6) is -1.95. The highest BCUT2D eigenvalue weighted by molar-refractivity contribution is 5.77. The number of benzene rings is 2. The molecule has 6 heteroatoms. The van der Waals surface area contributed by atoms with Crippen molar-refractivity contribution in [3.8, 4) is 5.75 Å². The minimum absolute atomic E-state index is 0.0112. The van der Waals surface area contributed by atoms with Crippen molar-refractivity contribution in [3.05, 3.63) is 69.8 Å². The van der Waals surface area contributed by atoms with Gasteiger partial charge in [-0.05, 0) is 24.1 Å². The van der Waals surface area contributed by atoms with E-state index >= 15 is 0 Å². The number of hydrogen-bond donors (Lipinski definition) is 2. The SMILES string of the molecule is O=C(O)C(Cc1ccccc1[N+](=O)[O-])c1ccc(O)cc1. The third-order valence-electron chi connectivity index (χ3n) is 3.21. The molecule has 1 atom stereocenters. The van der Waals surface area contributed by atoms with Crippen LogP contribution in [-0.2, 0) is 11.2 Å². The van der Waals surface area contributed by atoms with Crippen LogP contribution in [0.3, 0.4) is 0 Å². The summed E-state index contributed by atoms with van der Waals surface area (Å²) in [4.78, 5) is 21.9. The minimum Gasteiger partial charge on any atom is -0.508 e. The van der Waals surface area contributed by atoms with E-state index in [1.807, 2.05) is 0 Å². The Labute approximate surface area is 120 Å². The Morgan fingerprint density at radius 2 is 1.76 bits per heavy atom. The van der Waals surface area contributed by atoms with Crippen LogP contribution in [-0.4, -0.2) is 21.1 Å². The van der Waals surface area contributed by atoms with Crippen molar-refractivity contribution in [3.63, 3.8) is 0 Å². The van der Waals surface area contributed by atoms with E-state index in [1.54, 1.807) is 12.1 Å². The maximum Gasteiger partial charge on any atom is 0.311 e. The molecule has 0 bridgehead atoms. The molecule has 0 aliphatic heterocycles. The molecule has 0 amide bonds. The van der Waals surface area contributed by atoms with Gasteiger partial charge in [-0.3, -0.25) is 14.9 Å². The molecule has 2 aromatic carbocycles. The molecule has 2 aromatic rings. The highest BCUT2D eigenvalue weighted by Gasteiger charge is 2.24. The fraction of sp³-hybridized carbons (Fsp3) is 0.133. The fourth-order valence-electron chi connectivity index (χ4n) is 2.14. The Kier molecular flexibility index (Phi) is 4.18. The molecule has 6 nitrogen and oxygen atoms in total. The van der Waals surface area contributed by atoms with Gasteiger partial charge < -0.3 is 10.2 Å². The smallest absolute Gasteiger partial charge is 0.311 e. The van der Waals surface area contributed by atoms with Crippen molar-refractivity contribution >= 4 is 11.7 Å². The first kappa shape index (κ1) is 14.5. The normalized spacial score (nSPS) is 11.8. The molecule has 1 unspecified atom stereocenters. The summed E-state index contributed by atoms with van der Waals surface area (Å²) in [5, 5.41) is 29.6. The van der Waals surface area contributed by atoms with Crippen LogP contribution >= 0.6 is 0 Å². The molecule has 21 heavy (non-hydrogen) atoms. The monoisotopic (exact) mass is 287 g/mol. The number of phenolic OH excluding ortho intramolecular Hbond substituents is 1. The number of aromatic hydroxyl groups is 1. The molecule has 108 valence electrons. The second-order valence-electron chi connectivity index (χ2n) is 4.57. The van der Waals surface area contributed by atoms with Crippen LogP contribution in [0.15, 0.2) is 48.5 Å². The number of hydrogen-bond acceptors (Lipinski definition) is 4. The lowest BCUT2D eigenvalue weighted by molar-refractivity contribution is -0.385. The van der Waals surface area contributed by atoms with Crippen LogP contribution in [0.2, 0.25) is 0 Å². The number of phenols is 1. The third kappa shape index (κ3) is 3.36. The summed E-state index contributed by atoms with van der Waals surface area (Å²) in [6, 6.07) is 11.9. The molecular formula is C15H13NO5. The molecule has 0 fully saturated rings. The Balaban J connectivity index is 2.35. The van der Waals surface area contributed by atoms with Crippen molar-refractivity contribution in [1.82, 2.24) is 0 Å². The van der Waals surface area contributed by atoms with E-state index in [1.165, 1.54) is 36.4 Å². The number of carbonyl (C=O) groups is 1. The van der Waals surface area contributed by atoms with Gasteiger partial charge in [0.25, 0.3) is 5.69 Å². The quantitative estimate of drug-likeness (QED) is 0.650. The van der Waals surface area contributed by atoms with Crippen LogP contribution in [0.5, 0.6) is 5.75 Å². The summed E-state index contributed by atoms with van der Waals surface area (Å²) < 4.78 is 0. The molecule has 0 radical (unpaired) electrons. The van der Waals surface area contributed by atoms with Gasteiger partial charge in [-0.25, -0.2) is 0 Å². The van der Waals surface area contributed by atoms with Gasteiger partial charge in [0.2, 0.25) is 0 Å². The number of para-hydroxylation sites is 1. The number of aliphatic carboxylic acids is 1. The molecule has 2 rings (SSSR count). The zero-order valence-electron chi connectivity index (χ0n) is 11.0. The van der Waals surface area contributed by atoms with E-state index in [4.69, 9.17) is 0 Å². The summed E-state index contributed by atoms with van der Waals surface area (Å²) in [7, 11) is 0. The van der Waals surface area contributed by atoms with E-state index in [0.29, 0.717) is 11.1 Å². The molecule has 0 aromatic heterocycles. The Hall–Kier alpha value is -2.89. The van der Waals surface area contributed by atoms with Crippen LogP contribution in [0.1, 0.15) is 17.0 Å². The first-order valence-corrected chi connectivity index (χ1v) is 6.23. The van der Waals surface area contributed by atoms with Gasteiger partial charge in [-0.15, -0.1) is 0 Å². The lowest BCUT2D eigenvalue weighted by Gasteiger charge is -2.13. The Bertz CT molecular complexity index is 666. The molecular weight excluding hydrogens is 274 g/mol. The molecule has 0 aliphatic carbocycles. The van der Waals surface area contributed by atoms with Crippen LogP contribution in [0.4, 0.5) is 5.69 Å². The standard InChI is InChI=1S/C15H13NO5/c17-12-7-5-10(6-8-12)13(15(18)19)9-11-3-1-2-4-14(11)16(20)21/h1-8,13,17H,9H2,(H,18,19). The first-order chi connectivity index (χ1) is 9.99. The van der Waals surface area contributed by atoms with Crippen molar-refractivity contribution < 1.29 is 19.9 Å². The summed E-state index contributed by atoms with van der Waals surface area (Å²) >= 11 is 0. The third-order valence-corrected chi connectivity index (χ3v) is 3.21. The van der Waals surface area contributed by atoms with E-state index in [2.05, 4.69) is 0 Å². The highest BCUT2D eigenvalue weighted by Crippen LogP contribution is 2.27. The fourth-order valence-corrected chi connectivity index (χ4v) is 2.14. The summed E-state index contributed by atoms with van der Waals surface area (Å²) in [6.07, 6.45) is 0.0112. The zero-order valence-corrected chi connectivity index (χ0v) is 11.0. The van der Waals surface area contributed by atoms with Crippen molar-refractivity contribution in [1.29, 1.82) is 0 Å². The molecule has 2 N–H and O–H groups in total. The van der Waals surface area contributed by atoms with Gasteiger partial charge in [0.05, 0.1) is 10.8 Å². The largest absolute Gasteiger partial charge is 0.508 e. The number of rotatable bonds is 5. The molecule has 0 spiro atoms. The second kappa shape index (κ2) is 6.04. The van der Waals surface area contributed by atoms with Gasteiger partial charge in [0.1, 0.15) is 5.75 Å². The Morgan fingerprint density at radius 3 is 2.33 bits per heavy atom. The topological polar surface area (TPSA) is 101 Å². The number of nitro benzene ring substituents is 1. The van der Waals surface area contributed by atoms with Crippen LogP contribution < -0.4 is 0 Å². The maximum atomic E-state index is 11.4. The minimum atomic E-state index is -1.07. The summed E-state index contributed by atoms with van der Waals surface area (Å²) in [5.41, 5.74) is 0.754. The average Bonchev–Trinajstić information content (AvgIpc) is 2.46. The predicted molar refractivity (Wildman–Crippen MR) is 75.3 cm³/mol. The number of nitrogens with zero attached hydrogens (tertiary/aromatic N) is 1. The first-order valence-electron chi connectivity index (χ1n) is 6.23. The van der Waals surface area contributed by atoms with Gasteiger partial charge in [0, 0.05) is 11.6 Å². The van der Waals surface area contributed by atoms with Crippen LogP contribution in [0, 0.1) is 10.1 Å². The van der Waals surface area contributed by atoms with E-state index in [0.717, 1.165) is 0 Å². The van der Waals surface area contributed by atoms with Crippen molar-refractivity contribution in [2.75, 3.05) is 0 Å². The van der Waals surface area contributed by atoms with Gasteiger partial charge >= 0.3 is 5.97 Å². The van der Waals surface area contributed by atoms with E-state index < -0.39 is 16.8 Å². The molecule has 0 aliphatic rings. The zero-order chi connectivity index (χ0) is 15.4. The second-order valence-corrected chi connectivity index (χ2v) is 4.57. The predicted octanol–water partition coefficient (Wildman–Crippen LogP) is 2.71. The van der Waals surface area contributed by atoms with Gasteiger partial charge in [-0.2, -0.15) is 0 Å². The highest BCUT2D eigenvalue weighted by atomic mass is 16.6. The van der Waals surface area contributed by atoms with E-state index in [-0.39, 0.29) is 17.9 Å². The number of nitro groups is 1. The Morgan fingerprint density at radius 1 is 1.14 bits per heavy atom. The lowest BCUT2D eigenvalue weighted by atomic mass is 9.91. The maximum absolute atomic E-state index is 11.4. The number of carboxylic acids is 1. The molecule has 0 saturated carbocycles. The van der Waals surface area contributed by atoms with Crippen molar-refractivity contribution in [2.45, 2.75) is 12.3 Å². The van der Waals surface area contributed by atoms with Gasteiger partial charge in [-0.1, -0.05) is 30.3 Å². The summed E-state index contributed by atoms with van der Waals surface area (Å²) in [6.45, 7) is 0. The van der Waals surface area contributed by atoms with Crippen LogP contribution in [0.25, 0.3) is 0 Å².